The molecule has 0 radical (unpaired) electrons. The van der Waals surface area contributed by atoms with E-state index in [1.165, 1.54) is 0 Å². The number of benzene rings is 2. The molecule has 0 bridgehead atoms. The topological polar surface area (TPSA) is 67.8 Å². The highest BCUT2D eigenvalue weighted by Crippen LogP contribution is 2.50. The van der Waals surface area contributed by atoms with Crippen molar-refractivity contribution in [3.8, 4) is 5.75 Å². The number of hydrogen-bond acceptors (Lipinski definition) is 4. The number of methoxy groups -OCH3 is 1. The molecule has 1 fully saturated rings. The first-order valence-electron chi connectivity index (χ1n) is 8.98. The van der Waals surface area contributed by atoms with Crippen molar-refractivity contribution in [2.75, 3.05) is 19.0 Å². The molecule has 2 N–H and O–H groups in total. The third-order valence-electron chi connectivity index (χ3n) is 5.52. The number of carbonyl (C=O) groups is 1. The minimum absolute atomic E-state index is 0.0265. The first-order valence-corrected chi connectivity index (χ1v) is 8.98. The molecule has 2 aliphatic rings. The number of nitrogens with one attached hydrogen (secondary N) is 1. The zero-order valence-electron chi connectivity index (χ0n) is 15.0. The van der Waals surface area contributed by atoms with E-state index in [4.69, 9.17) is 9.47 Å². The Morgan fingerprint density at radius 1 is 1.23 bits per heavy atom. The van der Waals surface area contributed by atoms with Gasteiger partial charge < -0.3 is 19.9 Å². The molecule has 3 atom stereocenters. The van der Waals surface area contributed by atoms with Crippen LogP contribution in [0.4, 0.5) is 5.69 Å². The predicted molar refractivity (Wildman–Crippen MR) is 98.9 cm³/mol. The molecule has 2 aromatic rings. The van der Waals surface area contributed by atoms with Gasteiger partial charge in [-0.25, -0.2) is 4.79 Å². The molecule has 2 aromatic carbocycles. The van der Waals surface area contributed by atoms with Crippen molar-refractivity contribution in [2.24, 2.45) is 5.92 Å². The molecule has 2 aliphatic heterocycles. The largest absolute Gasteiger partial charge is 0.497 e. The molecule has 0 unspecified atom stereocenters. The van der Waals surface area contributed by atoms with E-state index in [-0.39, 0.29) is 12.1 Å². The summed E-state index contributed by atoms with van der Waals surface area (Å²) in [6.45, 7) is 2.74. The highest BCUT2D eigenvalue weighted by atomic mass is 16.5. The SMILES string of the molecule is COc1ccc2c(c1)[C@@H]1OCCC[C@@H]1[C@@H](c1ccc(C(=O)O)cc1C)N2. The van der Waals surface area contributed by atoms with Crippen LogP contribution in [0.5, 0.6) is 5.75 Å². The molecule has 0 spiro atoms. The van der Waals surface area contributed by atoms with Gasteiger partial charge in [-0.1, -0.05) is 6.07 Å². The molecule has 5 heteroatoms. The van der Waals surface area contributed by atoms with Gasteiger partial charge >= 0.3 is 5.97 Å². The average Bonchev–Trinajstić information content (AvgIpc) is 2.67. The number of aryl methyl sites for hydroxylation is 1. The zero-order chi connectivity index (χ0) is 18.3. The summed E-state index contributed by atoms with van der Waals surface area (Å²) in [6, 6.07) is 11.5. The van der Waals surface area contributed by atoms with Gasteiger partial charge in [-0.2, -0.15) is 0 Å². The van der Waals surface area contributed by atoms with Crippen LogP contribution in [-0.2, 0) is 4.74 Å². The number of ether oxygens (including phenoxy) is 2. The van der Waals surface area contributed by atoms with Gasteiger partial charge in [-0.15, -0.1) is 0 Å². The quantitative estimate of drug-likeness (QED) is 0.859. The molecule has 2 heterocycles. The van der Waals surface area contributed by atoms with Gasteiger partial charge in [-0.05, 0) is 61.2 Å². The number of carboxylic acid groups (broad SMARTS) is 1. The summed E-state index contributed by atoms with van der Waals surface area (Å²) in [5.41, 5.74) is 4.65. The Bertz CT molecular complexity index is 848. The Morgan fingerprint density at radius 3 is 2.81 bits per heavy atom. The van der Waals surface area contributed by atoms with Crippen LogP contribution in [0, 0.1) is 12.8 Å². The second-order valence-electron chi connectivity index (χ2n) is 7.05. The number of fused-ring (bicyclic) bond motifs is 3. The monoisotopic (exact) mass is 353 g/mol. The maximum Gasteiger partial charge on any atom is 0.335 e. The van der Waals surface area contributed by atoms with Gasteiger partial charge in [0.15, 0.2) is 0 Å². The van der Waals surface area contributed by atoms with Crippen LogP contribution in [-0.4, -0.2) is 24.8 Å². The highest BCUT2D eigenvalue weighted by Gasteiger charge is 2.40. The number of anilines is 1. The lowest BCUT2D eigenvalue weighted by molar-refractivity contribution is -0.0382. The van der Waals surface area contributed by atoms with Crippen LogP contribution in [0.25, 0.3) is 0 Å². The minimum Gasteiger partial charge on any atom is -0.497 e. The zero-order valence-corrected chi connectivity index (χ0v) is 15.0. The smallest absolute Gasteiger partial charge is 0.335 e. The lowest BCUT2D eigenvalue weighted by Gasteiger charge is -2.43. The van der Waals surface area contributed by atoms with Gasteiger partial charge in [0.05, 0.1) is 24.8 Å². The summed E-state index contributed by atoms with van der Waals surface area (Å²) >= 11 is 0. The Labute approximate surface area is 152 Å². The highest BCUT2D eigenvalue weighted by molar-refractivity contribution is 5.88. The van der Waals surface area contributed by atoms with E-state index in [0.29, 0.717) is 11.5 Å². The molecule has 26 heavy (non-hydrogen) atoms. The molecule has 136 valence electrons. The van der Waals surface area contributed by atoms with Gasteiger partial charge in [0.1, 0.15) is 5.75 Å². The first kappa shape index (κ1) is 16.9. The normalized spacial score (nSPS) is 24.2. The number of hydrogen-bond donors (Lipinski definition) is 2. The second-order valence-corrected chi connectivity index (χ2v) is 7.05. The second kappa shape index (κ2) is 6.65. The minimum atomic E-state index is -0.896. The van der Waals surface area contributed by atoms with E-state index in [1.807, 2.05) is 25.1 Å². The Morgan fingerprint density at radius 2 is 2.08 bits per heavy atom. The van der Waals surface area contributed by atoms with Gasteiger partial charge in [0, 0.05) is 23.8 Å². The lowest BCUT2D eigenvalue weighted by Crippen LogP contribution is -2.36. The standard InChI is InChI=1S/C21H23NO4/c1-12-10-13(21(23)24)5-7-15(12)19-16-4-3-9-26-20(16)17-11-14(25-2)6-8-18(17)22-19/h5-8,10-11,16,19-20,22H,3-4,9H2,1-2H3,(H,23,24)/t16-,19-,20-/m1/s1. The van der Waals surface area contributed by atoms with E-state index in [2.05, 4.69) is 11.4 Å². The fourth-order valence-corrected chi connectivity index (χ4v) is 4.24. The summed E-state index contributed by atoms with van der Waals surface area (Å²) in [5, 5.41) is 12.9. The van der Waals surface area contributed by atoms with Crippen molar-refractivity contribution >= 4 is 11.7 Å². The Hall–Kier alpha value is -2.53. The van der Waals surface area contributed by atoms with Crippen molar-refractivity contribution < 1.29 is 19.4 Å². The molecule has 0 amide bonds. The average molecular weight is 353 g/mol. The maximum absolute atomic E-state index is 11.2. The summed E-state index contributed by atoms with van der Waals surface area (Å²) in [4.78, 5) is 11.2. The third-order valence-corrected chi connectivity index (χ3v) is 5.52. The molecule has 5 nitrogen and oxygen atoms in total. The number of rotatable bonds is 3. The van der Waals surface area contributed by atoms with E-state index >= 15 is 0 Å². The molecular weight excluding hydrogens is 330 g/mol. The fourth-order valence-electron chi connectivity index (χ4n) is 4.24. The summed E-state index contributed by atoms with van der Waals surface area (Å²) in [5.74, 6) is 0.240. The summed E-state index contributed by atoms with van der Waals surface area (Å²) in [6.07, 6.45) is 2.13. The first-order chi connectivity index (χ1) is 12.6. The van der Waals surface area contributed by atoms with Crippen LogP contribution in [0.1, 0.15) is 52.0 Å². The number of aromatic carboxylic acids is 1. The molecule has 0 aromatic heterocycles. The van der Waals surface area contributed by atoms with Gasteiger partial charge in [0.25, 0.3) is 0 Å². The molecule has 0 saturated carbocycles. The van der Waals surface area contributed by atoms with E-state index in [0.717, 1.165) is 47.6 Å². The van der Waals surface area contributed by atoms with Gasteiger partial charge in [-0.3, -0.25) is 0 Å². The van der Waals surface area contributed by atoms with Crippen LogP contribution < -0.4 is 10.1 Å². The molecule has 4 rings (SSSR count). The van der Waals surface area contributed by atoms with Crippen molar-refractivity contribution in [3.63, 3.8) is 0 Å². The van der Waals surface area contributed by atoms with Crippen molar-refractivity contribution in [1.82, 2.24) is 0 Å². The van der Waals surface area contributed by atoms with Gasteiger partial charge in [0.2, 0.25) is 0 Å². The molecular formula is C21H23NO4. The van der Waals surface area contributed by atoms with E-state index in [1.54, 1.807) is 19.2 Å². The van der Waals surface area contributed by atoms with Crippen LogP contribution in [0.3, 0.4) is 0 Å². The third kappa shape index (κ3) is 2.82. The van der Waals surface area contributed by atoms with Crippen molar-refractivity contribution in [2.45, 2.75) is 31.9 Å². The number of carboxylic acids is 1. The Kier molecular flexibility index (Phi) is 4.32. The molecule has 0 aliphatic carbocycles. The van der Waals surface area contributed by atoms with Crippen LogP contribution in [0.2, 0.25) is 0 Å². The fraction of sp³-hybridized carbons (Fsp3) is 0.381. The van der Waals surface area contributed by atoms with E-state index < -0.39 is 5.97 Å². The predicted octanol–water partition coefficient (Wildman–Crippen LogP) is 4.34. The van der Waals surface area contributed by atoms with Crippen LogP contribution >= 0.6 is 0 Å². The van der Waals surface area contributed by atoms with Crippen LogP contribution in [0.15, 0.2) is 36.4 Å². The summed E-state index contributed by atoms with van der Waals surface area (Å²) < 4.78 is 11.6. The van der Waals surface area contributed by atoms with Crippen molar-refractivity contribution in [1.29, 1.82) is 0 Å². The lowest BCUT2D eigenvalue weighted by atomic mass is 9.76. The summed E-state index contributed by atoms with van der Waals surface area (Å²) in [7, 11) is 1.67. The maximum atomic E-state index is 11.2. The van der Waals surface area contributed by atoms with E-state index in [9.17, 15) is 9.90 Å². The Balaban J connectivity index is 1.76. The van der Waals surface area contributed by atoms with Crippen molar-refractivity contribution in [3.05, 3.63) is 58.7 Å². The molecule has 1 saturated heterocycles.